The molecule has 1 atom stereocenters. The molecule has 4 heteroatoms. The highest BCUT2D eigenvalue weighted by Gasteiger charge is 2.31. The van der Waals surface area contributed by atoms with Gasteiger partial charge in [0.05, 0.1) is 12.7 Å². The van der Waals surface area contributed by atoms with E-state index in [2.05, 4.69) is 5.32 Å². The van der Waals surface area contributed by atoms with Gasteiger partial charge in [0.2, 0.25) is 0 Å². The largest absolute Gasteiger partial charge is 0.394 e. The molecule has 2 heterocycles. The van der Waals surface area contributed by atoms with E-state index in [-0.39, 0.29) is 12.1 Å². The van der Waals surface area contributed by atoms with Gasteiger partial charge in [0.15, 0.2) is 0 Å². The maximum Gasteiger partial charge on any atom is 0.0615 e. The van der Waals surface area contributed by atoms with Crippen molar-refractivity contribution >= 4 is 0 Å². The van der Waals surface area contributed by atoms with Crippen LogP contribution in [0.3, 0.4) is 0 Å². The number of hydrogen-bond donors (Lipinski definition) is 2. The second-order valence-electron chi connectivity index (χ2n) is 4.90. The molecule has 0 spiro atoms. The van der Waals surface area contributed by atoms with Crippen molar-refractivity contribution in [3.8, 4) is 0 Å². The van der Waals surface area contributed by atoms with Crippen molar-refractivity contribution in [1.29, 1.82) is 0 Å². The first-order valence-electron chi connectivity index (χ1n) is 6.40. The van der Waals surface area contributed by atoms with Gasteiger partial charge in [-0.3, -0.25) is 0 Å². The van der Waals surface area contributed by atoms with Gasteiger partial charge in [-0.2, -0.15) is 0 Å². The van der Waals surface area contributed by atoms with E-state index in [1.165, 1.54) is 12.8 Å². The molecule has 0 amide bonds. The van der Waals surface area contributed by atoms with Crippen LogP contribution in [0.15, 0.2) is 0 Å². The van der Waals surface area contributed by atoms with E-state index in [0.717, 1.165) is 45.6 Å². The summed E-state index contributed by atoms with van der Waals surface area (Å²) >= 11 is 0. The lowest BCUT2D eigenvalue weighted by molar-refractivity contribution is 0.00980. The Morgan fingerprint density at radius 2 is 2.06 bits per heavy atom. The van der Waals surface area contributed by atoms with E-state index >= 15 is 0 Å². The van der Waals surface area contributed by atoms with Crippen molar-refractivity contribution in [2.45, 2.75) is 43.7 Å². The second kappa shape index (κ2) is 5.96. The molecule has 0 radical (unpaired) electrons. The standard InChI is InChI=1S/C12H23NO3/c14-10-12(4-8-15-9-5-12)13-6-3-11-2-1-7-16-11/h11,13-14H,1-10H2. The van der Waals surface area contributed by atoms with Crippen LogP contribution in [0.1, 0.15) is 32.1 Å². The molecule has 2 aliphatic heterocycles. The van der Waals surface area contributed by atoms with Gasteiger partial charge < -0.3 is 19.9 Å². The topological polar surface area (TPSA) is 50.7 Å². The molecule has 2 saturated heterocycles. The third-order valence-electron chi connectivity index (χ3n) is 3.74. The molecular weight excluding hydrogens is 206 g/mol. The fourth-order valence-corrected chi connectivity index (χ4v) is 2.52. The molecule has 0 bridgehead atoms. The van der Waals surface area contributed by atoms with Crippen LogP contribution in [0.2, 0.25) is 0 Å². The van der Waals surface area contributed by atoms with Crippen LogP contribution >= 0.6 is 0 Å². The zero-order valence-electron chi connectivity index (χ0n) is 9.91. The number of rotatable bonds is 5. The lowest BCUT2D eigenvalue weighted by Crippen LogP contribution is -2.52. The summed E-state index contributed by atoms with van der Waals surface area (Å²) in [7, 11) is 0. The van der Waals surface area contributed by atoms with Crippen molar-refractivity contribution in [3.05, 3.63) is 0 Å². The first-order chi connectivity index (χ1) is 7.85. The number of hydrogen-bond acceptors (Lipinski definition) is 4. The minimum atomic E-state index is -0.100. The Hall–Kier alpha value is -0.160. The summed E-state index contributed by atoms with van der Waals surface area (Å²) in [5.74, 6) is 0. The lowest BCUT2D eigenvalue weighted by atomic mass is 9.91. The summed E-state index contributed by atoms with van der Waals surface area (Å²) in [5.41, 5.74) is -0.100. The Balaban J connectivity index is 1.69. The van der Waals surface area contributed by atoms with Gasteiger partial charge in [-0.05, 0) is 38.6 Å². The number of ether oxygens (including phenoxy) is 2. The Kier molecular flexibility index (Phi) is 4.58. The summed E-state index contributed by atoms with van der Waals surface area (Å²) in [6.45, 7) is 3.58. The van der Waals surface area contributed by atoms with Gasteiger partial charge in [-0.25, -0.2) is 0 Å². The van der Waals surface area contributed by atoms with Crippen LogP contribution in [0, 0.1) is 0 Å². The Labute approximate surface area is 97.3 Å². The van der Waals surface area contributed by atoms with Crippen LogP contribution in [0.4, 0.5) is 0 Å². The van der Waals surface area contributed by atoms with Crippen LogP contribution in [-0.4, -0.2) is 49.7 Å². The first-order valence-corrected chi connectivity index (χ1v) is 6.40. The van der Waals surface area contributed by atoms with Gasteiger partial charge in [0.25, 0.3) is 0 Å². The van der Waals surface area contributed by atoms with E-state index in [1.807, 2.05) is 0 Å². The summed E-state index contributed by atoms with van der Waals surface area (Å²) in [4.78, 5) is 0. The highest BCUT2D eigenvalue weighted by atomic mass is 16.5. The molecule has 1 unspecified atom stereocenters. The van der Waals surface area contributed by atoms with E-state index < -0.39 is 0 Å². The van der Waals surface area contributed by atoms with Gasteiger partial charge in [-0.15, -0.1) is 0 Å². The fourth-order valence-electron chi connectivity index (χ4n) is 2.52. The third-order valence-corrected chi connectivity index (χ3v) is 3.74. The molecule has 2 rings (SSSR count). The second-order valence-corrected chi connectivity index (χ2v) is 4.90. The van der Waals surface area contributed by atoms with Gasteiger partial charge in [-0.1, -0.05) is 0 Å². The zero-order chi connectivity index (χ0) is 11.3. The molecular formula is C12H23NO3. The molecule has 2 aliphatic rings. The predicted octanol–water partition coefficient (Wildman–Crippen LogP) is 0.687. The highest BCUT2D eigenvalue weighted by Crippen LogP contribution is 2.21. The van der Waals surface area contributed by atoms with Crippen LogP contribution in [0.5, 0.6) is 0 Å². The maximum absolute atomic E-state index is 9.48. The SMILES string of the molecule is OCC1(NCCC2CCCO2)CCOCC1. The van der Waals surface area contributed by atoms with Crippen molar-refractivity contribution in [2.75, 3.05) is 33.0 Å². The van der Waals surface area contributed by atoms with E-state index in [4.69, 9.17) is 9.47 Å². The fraction of sp³-hybridized carbons (Fsp3) is 1.00. The van der Waals surface area contributed by atoms with Crippen LogP contribution in [0.25, 0.3) is 0 Å². The molecule has 0 aliphatic carbocycles. The quantitative estimate of drug-likeness (QED) is 0.728. The third kappa shape index (κ3) is 3.17. The van der Waals surface area contributed by atoms with Crippen molar-refractivity contribution in [1.82, 2.24) is 5.32 Å². The van der Waals surface area contributed by atoms with Gasteiger partial charge in [0, 0.05) is 25.4 Å². The molecule has 16 heavy (non-hydrogen) atoms. The smallest absolute Gasteiger partial charge is 0.0615 e. The normalized spacial score (nSPS) is 29.4. The van der Waals surface area contributed by atoms with E-state index in [9.17, 15) is 5.11 Å². The van der Waals surface area contributed by atoms with E-state index in [1.54, 1.807) is 0 Å². The van der Waals surface area contributed by atoms with Crippen LogP contribution in [-0.2, 0) is 9.47 Å². The number of aliphatic hydroxyl groups excluding tert-OH is 1. The molecule has 4 nitrogen and oxygen atoms in total. The monoisotopic (exact) mass is 229 g/mol. The highest BCUT2D eigenvalue weighted by molar-refractivity contribution is 4.89. The minimum absolute atomic E-state index is 0.100. The molecule has 0 aromatic carbocycles. The van der Waals surface area contributed by atoms with Crippen molar-refractivity contribution < 1.29 is 14.6 Å². The summed E-state index contributed by atoms with van der Waals surface area (Å²) in [6, 6.07) is 0. The average Bonchev–Trinajstić information content (AvgIpc) is 2.83. The van der Waals surface area contributed by atoms with Crippen molar-refractivity contribution in [2.24, 2.45) is 0 Å². The summed E-state index contributed by atoms with van der Waals surface area (Å²) < 4.78 is 10.9. The van der Waals surface area contributed by atoms with Crippen LogP contribution < -0.4 is 5.32 Å². The molecule has 0 aromatic rings. The first kappa shape index (κ1) is 12.3. The summed E-state index contributed by atoms with van der Waals surface area (Å²) in [6.07, 6.45) is 5.70. The maximum atomic E-state index is 9.48. The van der Waals surface area contributed by atoms with E-state index in [0.29, 0.717) is 6.10 Å². The Bertz CT molecular complexity index is 198. The molecule has 2 N–H and O–H groups in total. The summed E-state index contributed by atoms with van der Waals surface area (Å²) in [5, 5.41) is 13.0. The molecule has 2 fully saturated rings. The number of aliphatic hydroxyl groups is 1. The van der Waals surface area contributed by atoms with Crippen molar-refractivity contribution in [3.63, 3.8) is 0 Å². The Morgan fingerprint density at radius 3 is 2.69 bits per heavy atom. The Morgan fingerprint density at radius 1 is 1.25 bits per heavy atom. The molecule has 94 valence electrons. The molecule has 0 saturated carbocycles. The zero-order valence-corrected chi connectivity index (χ0v) is 9.91. The number of nitrogens with one attached hydrogen (secondary N) is 1. The predicted molar refractivity (Wildman–Crippen MR) is 61.5 cm³/mol. The lowest BCUT2D eigenvalue weighted by Gasteiger charge is -2.36. The average molecular weight is 229 g/mol. The van der Waals surface area contributed by atoms with Gasteiger partial charge >= 0.3 is 0 Å². The van der Waals surface area contributed by atoms with Gasteiger partial charge in [0.1, 0.15) is 0 Å². The minimum Gasteiger partial charge on any atom is -0.394 e. The molecule has 0 aromatic heterocycles.